The molecule has 0 bridgehead atoms. The number of thiophene rings is 1. The van der Waals surface area contributed by atoms with Crippen molar-refractivity contribution in [2.24, 2.45) is 5.92 Å². The molecule has 2 aromatic carbocycles. The lowest BCUT2D eigenvalue weighted by atomic mass is 9.86. The van der Waals surface area contributed by atoms with Crippen LogP contribution in [-0.2, 0) is 15.4 Å². The fourth-order valence-corrected chi connectivity index (χ4v) is 7.15. The molecule has 1 aliphatic carbocycles. The third-order valence-corrected chi connectivity index (χ3v) is 9.81. The number of benzene rings is 2. The van der Waals surface area contributed by atoms with Gasteiger partial charge < -0.3 is 20.7 Å². The fourth-order valence-electron chi connectivity index (χ4n) is 5.57. The molecule has 244 valence electrons. The number of aromatic nitrogens is 1. The van der Waals surface area contributed by atoms with E-state index in [0.717, 1.165) is 34.3 Å². The number of carbonyl (C=O) groups is 2. The van der Waals surface area contributed by atoms with Crippen LogP contribution in [0.15, 0.2) is 54.7 Å². The standard InChI is InChI=1S/C34H41N5O5S2/c1-34(2,3)24-17-26(30(44-4)27(18-24)39-46(5,42)43)38-33(41)28-16-22-12-9-13-25(31(22)45-28)37-32(40)23-14-15-29(36-20-23)35-19-21-10-7-6-8-11-21/h9,12-18,20-21,39H,6-8,10-11,19H2,1-5H3,(H,35,36)(H,37,40)(H,38,41). The first-order valence-electron chi connectivity index (χ1n) is 15.4. The predicted octanol–water partition coefficient (Wildman–Crippen LogP) is 7.47. The number of amides is 2. The summed E-state index contributed by atoms with van der Waals surface area (Å²) >= 11 is 1.24. The Morgan fingerprint density at radius 3 is 2.33 bits per heavy atom. The molecule has 1 aliphatic rings. The van der Waals surface area contributed by atoms with Crippen molar-refractivity contribution in [1.82, 2.24) is 4.98 Å². The van der Waals surface area contributed by atoms with E-state index in [0.29, 0.717) is 27.7 Å². The van der Waals surface area contributed by atoms with E-state index < -0.39 is 15.9 Å². The third-order valence-electron chi connectivity index (χ3n) is 8.04. The van der Waals surface area contributed by atoms with Crippen molar-refractivity contribution in [2.75, 3.05) is 40.6 Å². The summed E-state index contributed by atoms with van der Waals surface area (Å²) in [5, 5.41) is 10.1. The third kappa shape index (κ3) is 8.16. The van der Waals surface area contributed by atoms with Crippen LogP contribution in [-0.4, -0.2) is 45.1 Å². The molecule has 46 heavy (non-hydrogen) atoms. The van der Waals surface area contributed by atoms with Crippen molar-refractivity contribution in [1.29, 1.82) is 0 Å². The molecule has 0 atom stereocenters. The van der Waals surface area contributed by atoms with Gasteiger partial charge in [0.05, 0.1) is 45.6 Å². The number of nitrogens with one attached hydrogen (secondary N) is 4. The Morgan fingerprint density at radius 1 is 0.957 bits per heavy atom. The van der Waals surface area contributed by atoms with Gasteiger partial charge in [0.15, 0.2) is 5.75 Å². The number of pyridine rings is 1. The minimum atomic E-state index is -3.61. The molecule has 2 aromatic heterocycles. The van der Waals surface area contributed by atoms with Crippen LogP contribution < -0.4 is 25.4 Å². The van der Waals surface area contributed by atoms with Crippen LogP contribution in [0.2, 0.25) is 0 Å². The van der Waals surface area contributed by atoms with Crippen molar-refractivity contribution in [3.05, 3.63) is 70.7 Å². The summed E-state index contributed by atoms with van der Waals surface area (Å²) in [7, 11) is -2.20. The van der Waals surface area contributed by atoms with Crippen LogP contribution in [0.4, 0.5) is 22.9 Å². The first kappa shape index (κ1) is 33.2. The number of hydrogen-bond acceptors (Lipinski definition) is 8. The molecule has 10 nitrogen and oxygen atoms in total. The largest absolute Gasteiger partial charge is 0.492 e. The van der Waals surface area contributed by atoms with Crippen LogP contribution in [0.3, 0.4) is 0 Å². The first-order valence-corrected chi connectivity index (χ1v) is 18.1. The van der Waals surface area contributed by atoms with Gasteiger partial charge in [0.2, 0.25) is 10.0 Å². The van der Waals surface area contributed by atoms with Crippen LogP contribution >= 0.6 is 11.3 Å². The monoisotopic (exact) mass is 663 g/mol. The molecule has 0 spiro atoms. The summed E-state index contributed by atoms with van der Waals surface area (Å²) in [6.45, 7) is 6.87. The maximum absolute atomic E-state index is 13.6. The fraction of sp³-hybridized carbons (Fsp3) is 0.382. The summed E-state index contributed by atoms with van der Waals surface area (Å²) in [6.07, 6.45) is 9.01. The average Bonchev–Trinajstić information content (AvgIpc) is 3.45. The van der Waals surface area contributed by atoms with Crippen molar-refractivity contribution in [3.63, 3.8) is 0 Å². The van der Waals surface area contributed by atoms with E-state index in [1.54, 1.807) is 36.5 Å². The van der Waals surface area contributed by atoms with Gasteiger partial charge >= 0.3 is 0 Å². The Bertz CT molecular complexity index is 1840. The molecule has 5 rings (SSSR count). The Morgan fingerprint density at radius 2 is 1.67 bits per heavy atom. The van der Waals surface area contributed by atoms with E-state index in [2.05, 4.69) is 25.7 Å². The van der Waals surface area contributed by atoms with E-state index in [-0.39, 0.29) is 22.8 Å². The SMILES string of the molecule is COc1c(NC(=O)c2cc3cccc(NC(=O)c4ccc(NCC5CCCCC5)nc4)c3s2)cc(C(C)(C)C)cc1NS(C)(=O)=O. The second-order valence-corrected chi connectivity index (χ2v) is 15.6. The van der Waals surface area contributed by atoms with E-state index in [1.807, 2.05) is 39.0 Å². The molecular weight excluding hydrogens is 623 g/mol. The Kier molecular flexibility index (Phi) is 9.88. The maximum Gasteiger partial charge on any atom is 0.265 e. The van der Waals surface area contributed by atoms with Gasteiger partial charge in [-0.1, -0.05) is 52.2 Å². The normalized spacial score (nSPS) is 14.1. The summed E-state index contributed by atoms with van der Waals surface area (Å²) in [5.41, 5.74) is 2.04. The van der Waals surface area contributed by atoms with Crippen molar-refractivity contribution < 1.29 is 22.7 Å². The summed E-state index contributed by atoms with van der Waals surface area (Å²) in [5.74, 6) is 0.926. The van der Waals surface area contributed by atoms with Gasteiger partial charge in [-0.3, -0.25) is 14.3 Å². The highest BCUT2D eigenvalue weighted by Gasteiger charge is 2.23. The van der Waals surface area contributed by atoms with Crippen LogP contribution in [0.1, 0.15) is 78.5 Å². The van der Waals surface area contributed by atoms with Gasteiger partial charge in [-0.25, -0.2) is 13.4 Å². The number of rotatable bonds is 10. The number of methoxy groups -OCH3 is 1. The highest BCUT2D eigenvalue weighted by molar-refractivity contribution is 7.92. The number of carbonyl (C=O) groups excluding carboxylic acids is 2. The number of anilines is 4. The minimum Gasteiger partial charge on any atom is -0.492 e. The second kappa shape index (κ2) is 13.7. The Labute approximate surface area is 274 Å². The van der Waals surface area contributed by atoms with E-state index in [4.69, 9.17) is 4.74 Å². The van der Waals surface area contributed by atoms with Gasteiger partial charge in [-0.05, 0) is 71.5 Å². The van der Waals surface area contributed by atoms with E-state index in [1.165, 1.54) is 50.6 Å². The molecule has 0 radical (unpaired) electrons. The highest BCUT2D eigenvalue weighted by Crippen LogP contribution is 2.40. The van der Waals surface area contributed by atoms with Crippen LogP contribution in [0, 0.1) is 5.92 Å². The van der Waals surface area contributed by atoms with Crippen molar-refractivity contribution in [2.45, 2.75) is 58.3 Å². The lowest BCUT2D eigenvalue weighted by molar-refractivity contribution is 0.102. The molecular formula is C34H41N5O5S2. The molecule has 1 saturated carbocycles. The molecule has 4 N–H and O–H groups in total. The number of nitrogens with zero attached hydrogens (tertiary/aromatic N) is 1. The van der Waals surface area contributed by atoms with E-state index in [9.17, 15) is 18.0 Å². The van der Waals surface area contributed by atoms with Gasteiger partial charge in [0, 0.05) is 12.7 Å². The Hall–Kier alpha value is -4.16. The van der Waals surface area contributed by atoms with E-state index >= 15 is 0 Å². The van der Waals surface area contributed by atoms with Crippen LogP contribution in [0.25, 0.3) is 10.1 Å². The Balaban J connectivity index is 1.33. The van der Waals surface area contributed by atoms with Gasteiger partial charge in [0.25, 0.3) is 11.8 Å². The topological polar surface area (TPSA) is 139 Å². The molecule has 12 heteroatoms. The molecule has 1 fully saturated rings. The van der Waals surface area contributed by atoms with Gasteiger partial charge in [-0.15, -0.1) is 11.3 Å². The lowest BCUT2D eigenvalue weighted by Gasteiger charge is -2.23. The molecule has 0 aliphatic heterocycles. The number of fused-ring (bicyclic) bond motifs is 1. The molecule has 4 aromatic rings. The number of sulfonamides is 1. The molecule has 0 saturated heterocycles. The maximum atomic E-state index is 13.6. The van der Waals surface area contributed by atoms with Gasteiger partial charge in [0.1, 0.15) is 5.82 Å². The van der Waals surface area contributed by atoms with Crippen molar-refractivity contribution in [3.8, 4) is 5.75 Å². The molecule has 2 heterocycles. The number of hydrogen-bond donors (Lipinski definition) is 4. The highest BCUT2D eigenvalue weighted by atomic mass is 32.2. The predicted molar refractivity (Wildman–Crippen MR) is 187 cm³/mol. The average molecular weight is 664 g/mol. The summed E-state index contributed by atoms with van der Waals surface area (Å²) < 4.78 is 33.0. The lowest BCUT2D eigenvalue weighted by Crippen LogP contribution is -2.18. The number of ether oxygens (including phenoxy) is 1. The minimum absolute atomic E-state index is 0.199. The summed E-state index contributed by atoms with van der Waals surface area (Å²) in [4.78, 5) is 31.6. The first-order chi connectivity index (χ1) is 21.8. The smallest absolute Gasteiger partial charge is 0.265 e. The summed E-state index contributed by atoms with van der Waals surface area (Å²) in [6, 6.07) is 14.3. The molecule has 2 amide bonds. The molecule has 0 unspecified atom stereocenters. The zero-order chi connectivity index (χ0) is 33.1. The van der Waals surface area contributed by atoms with Crippen LogP contribution in [0.5, 0.6) is 5.75 Å². The van der Waals surface area contributed by atoms with Crippen molar-refractivity contribution >= 4 is 66.1 Å². The zero-order valence-corrected chi connectivity index (χ0v) is 28.5. The van der Waals surface area contributed by atoms with Gasteiger partial charge in [-0.2, -0.15) is 0 Å². The second-order valence-electron chi connectivity index (χ2n) is 12.8. The quantitative estimate of drug-likeness (QED) is 0.138. The zero-order valence-electron chi connectivity index (χ0n) is 26.8.